The molecule has 3 aromatic rings. The first-order chi connectivity index (χ1) is 14.0. The van der Waals surface area contributed by atoms with E-state index in [1.165, 1.54) is 28.6 Å². The minimum atomic E-state index is -3.53. The van der Waals surface area contributed by atoms with Gasteiger partial charge in [0.15, 0.2) is 0 Å². The standard InChI is InChI=1S/C23H24FNO3S/c24-22-11-13-23(14-12-22)28-17-18-29(26,27)25(19-21-9-5-2-6-10-21)16-15-20-7-3-1-4-8-20/h1-14H,15-19H2. The molecule has 0 heterocycles. The maximum Gasteiger partial charge on any atom is 0.217 e. The van der Waals surface area contributed by atoms with Gasteiger partial charge >= 0.3 is 0 Å². The summed E-state index contributed by atoms with van der Waals surface area (Å²) in [6.07, 6.45) is 0.631. The van der Waals surface area contributed by atoms with Crippen LogP contribution in [-0.4, -0.2) is 31.6 Å². The zero-order valence-electron chi connectivity index (χ0n) is 16.1. The van der Waals surface area contributed by atoms with Gasteiger partial charge in [0, 0.05) is 13.1 Å². The van der Waals surface area contributed by atoms with Crippen molar-refractivity contribution in [1.82, 2.24) is 4.31 Å². The van der Waals surface area contributed by atoms with E-state index in [1.807, 2.05) is 60.7 Å². The van der Waals surface area contributed by atoms with Crippen molar-refractivity contribution in [2.24, 2.45) is 0 Å². The second-order valence-corrected chi connectivity index (χ2v) is 8.76. The monoisotopic (exact) mass is 413 g/mol. The normalized spacial score (nSPS) is 11.5. The number of benzene rings is 3. The summed E-state index contributed by atoms with van der Waals surface area (Å²) >= 11 is 0. The summed E-state index contributed by atoms with van der Waals surface area (Å²) in [5.74, 6) is -0.0631. The van der Waals surface area contributed by atoms with E-state index in [9.17, 15) is 12.8 Å². The fraction of sp³-hybridized carbons (Fsp3) is 0.217. The molecule has 0 fully saturated rings. The molecular formula is C23H24FNO3S. The van der Waals surface area contributed by atoms with E-state index >= 15 is 0 Å². The van der Waals surface area contributed by atoms with E-state index in [4.69, 9.17) is 4.74 Å². The molecule has 0 radical (unpaired) electrons. The van der Waals surface area contributed by atoms with Crippen molar-refractivity contribution in [3.8, 4) is 5.75 Å². The SMILES string of the molecule is O=S(=O)(CCOc1ccc(F)cc1)N(CCc1ccccc1)Cc1ccccc1. The Bertz CT molecular complexity index is 978. The van der Waals surface area contributed by atoms with Gasteiger partial charge in [-0.05, 0) is 41.8 Å². The van der Waals surface area contributed by atoms with Gasteiger partial charge in [-0.15, -0.1) is 0 Å². The molecule has 3 aromatic carbocycles. The minimum Gasteiger partial charge on any atom is -0.492 e. The lowest BCUT2D eigenvalue weighted by Gasteiger charge is -2.22. The second-order valence-electron chi connectivity index (χ2n) is 6.67. The van der Waals surface area contributed by atoms with Crippen molar-refractivity contribution < 1.29 is 17.5 Å². The van der Waals surface area contributed by atoms with Crippen molar-refractivity contribution in [1.29, 1.82) is 0 Å². The maximum atomic E-state index is 13.0. The van der Waals surface area contributed by atoms with Crippen LogP contribution in [-0.2, 0) is 23.0 Å². The van der Waals surface area contributed by atoms with E-state index in [2.05, 4.69) is 0 Å². The molecule has 29 heavy (non-hydrogen) atoms. The number of ether oxygens (including phenoxy) is 1. The molecule has 0 aliphatic heterocycles. The molecule has 0 amide bonds. The molecule has 4 nitrogen and oxygen atoms in total. The zero-order chi connectivity index (χ0) is 20.5. The summed E-state index contributed by atoms with van der Waals surface area (Å²) in [5, 5.41) is 0. The summed E-state index contributed by atoms with van der Waals surface area (Å²) in [6, 6.07) is 24.9. The van der Waals surface area contributed by atoms with Crippen molar-refractivity contribution in [3.63, 3.8) is 0 Å². The molecule has 0 spiro atoms. The predicted molar refractivity (Wildman–Crippen MR) is 113 cm³/mol. The Morgan fingerprint density at radius 1 is 0.793 bits per heavy atom. The first kappa shape index (κ1) is 21.0. The fourth-order valence-electron chi connectivity index (χ4n) is 2.93. The molecule has 152 valence electrons. The average Bonchev–Trinajstić information content (AvgIpc) is 2.74. The third-order valence-electron chi connectivity index (χ3n) is 4.51. The van der Waals surface area contributed by atoms with Crippen LogP contribution >= 0.6 is 0 Å². The molecule has 0 aromatic heterocycles. The van der Waals surface area contributed by atoms with Gasteiger partial charge in [0.1, 0.15) is 18.2 Å². The first-order valence-electron chi connectivity index (χ1n) is 9.47. The molecule has 0 aliphatic carbocycles. The van der Waals surface area contributed by atoms with Gasteiger partial charge in [-0.2, -0.15) is 4.31 Å². The van der Waals surface area contributed by atoms with Gasteiger partial charge in [0.05, 0.1) is 5.75 Å². The lowest BCUT2D eigenvalue weighted by molar-refractivity contribution is 0.332. The van der Waals surface area contributed by atoms with Crippen LogP contribution in [0.5, 0.6) is 5.75 Å². The summed E-state index contributed by atoms with van der Waals surface area (Å²) in [5.41, 5.74) is 2.02. The van der Waals surface area contributed by atoms with Gasteiger partial charge in [-0.1, -0.05) is 60.7 Å². The van der Waals surface area contributed by atoms with E-state index in [1.54, 1.807) is 0 Å². The number of sulfonamides is 1. The zero-order valence-corrected chi connectivity index (χ0v) is 16.9. The Hall–Kier alpha value is -2.70. The van der Waals surface area contributed by atoms with Crippen molar-refractivity contribution >= 4 is 10.0 Å². The maximum absolute atomic E-state index is 13.0. The molecule has 0 bridgehead atoms. The fourth-order valence-corrected chi connectivity index (χ4v) is 4.19. The third kappa shape index (κ3) is 6.69. The van der Waals surface area contributed by atoms with Crippen molar-refractivity contribution in [2.45, 2.75) is 13.0 Å². The van der Waals surface area contributed by atoms with E-state index in [-0.39, 0.29) is 18.2 Å². The molecule has 3 rings (SSSR count). The molecule has 6 heteroatoms. The van der Waals surface area contributed by atoms with E-state index in [0.29, 0.717) is 25.3 Å². The Kier molecular flexibility index (Phi) is 7.38. The smallest absolute Gasteiger partial charge is 0.217 e. The number of nitrogens with zero attached hydrogens (tertiary/aromatic N) is 1. The van der Waals surface area contributed by atoms with Crippen molar-refractivity contribution in [3.05, 3.63) is 102 Å². The van der Waals surface area contributed by atoms with Gasteiger partial charge in [-0.25, -0.2) is 12.8 Å². The number of hydrogen-bond acceptors (Lipinski definition) is 3. The van der Waals surface area contributed by atoms with Gasteiger partial charge in [-0.3, -0.25) is 0 Å². The molecular weight excluding hydrogens is 389 g/mol. The predicted octanol–water partition coefficient (Wildman–Crippen LogP) is 4.28. The lowest BCUT2D eigenvalue weighted by Crippen LogP contribution is -2.36. The molecule has 0 atom stereocenters. The topological polar surface area (TPSA) is 46.6 Å². The van der Waals surface area contributed by atoms with Gasteiger partial charge in [0.25, 0.3) is 0 Å². The second kappa shape index (κ2) is 10.2. The molecule has 0 saturated carbocycles. The van der Waals surface area contributed by atoms with Crippen LogP contribution in [0.3, 0.4) is 0 Å². The van der Waals surface area contributed by atoms with Crippen LogP contribution in [0.1, 0.15) is 11.1 Å². The van der Waals surface area contributed by atoms with Crippen LogP contribution < -0.4 is 4.74 Å². The van der Waals surface area contributed by atoms with Crippen molar-refractivity contribution in [2.75, 3.05) is 18.9 Å². The minimum absolute atomic E-state index is 0.00456. The summed E-state index contributed by atoms with van der Waals surface area (Å²) in [6.45, 7) is 0.703. The molecule has 0 unspecified atom stereocenters. The Morgan fingerprint density at radius 2 is 1.38 bits per heavy atom. The summed E-state index contributed by atoms with van der Waals surface area (Å²) in [4.78, 5) is 0. The van der Waals surface area contributed by atoms with Crippen LogP contribution in [0.4, 0.5) is 4.39 Å². The Balaban J connectivity index is 1.65. The van der Waals surface area contributed by atoms with Crippen LogP contribution in [0, 0.1) is 5.82 Å². The third-order valence-corrected chi connectivity index (χ3v) is 6.29. The highest BCUT2D eigenvalue weighted by molar-refractivity contribution is 7.89. The average molecular weight is 414 g/mol. The van der Waals surface area contributed by atoms with Crippen LogP contribution in [0.15, 0.2) is 84.9 Å². The Morgan fingerprint density at radius 3 is 2.00 bits per heavy atom. The number of hydrogen-bond donors (Lipinski definition) is 0. The van der Waals surface area contributed by atoms with Crippen LogP contribution in [0.2, 0.25) is 0 Å². The largest absolute Gasteiger partial charge is 0.492 e. The molecule has 0 saturated heterocycles. The highest BCUT2D eigenvalue weighted by atomic mass is 32.2. The van der Waals surface area contributed by atoms with Gasteiger partial charge < -0.3 is 4.74 Å². The number of halogens is 1. The molecule has 0 aliphatic rings. The quantitative estimate of drug-likeness (QED) is 0.498. The highest BCUT2D eigenvalue weighted by Crippen LogP contribution is 2.14. The summed E-state index contributed by atoms with van der Waals surface area (Å²) in [7, 11) is -3.53. The van der Waals surface area contributed by atoms with E-state index < -0.39 is 10.0 Å². The number of rotatable bonds is 10. The first-order valence-corrected chi connectivity index (χ1v) is 11.1. The summed E-state index contributed by atoms with van der Waals surface area (Å²) < 4.78 is 45.9. The molecule has 0 N–H and O–H groups in total. The van der Waals surface area contributed by atoms with Gasteiger partial charge in [0.2, 0.25) is 10.0 Å². The Labute approximate surface area is 171 Å². The van der Waals surface area contributed by atoms with E-state index in [0.717, 1.165) is 11.1 Å². The highest BCUT2D eigenvalue weighted by Gasteiger charge is 2.22. The lowest BCUT2D eigenvalue weighted by atomic mass is 10.1. The van der Waals surface area contributed by atoms with Crippen LogP contribution in [0.25, 0.3) is 0 Å².